The van der Waals surface area contributed by atoms with Crippen molar-refractivity contribution in [3.8, 4) is 5.75 Å². The first-order chi connectivity index (χ1) is 15.6. The Balaban J connectivity index is 1.45. The van der Waals surface area contributed by atoms with Gasteiger partial charge in [-0.05, 0) is 48.2 Å². The van der Waals surface area contributed by atoms with Gasteiger partial charge in [-0.2, -0.15) is 0 Å². The summed E-state index contributed by atoms with van der Waals surface area (Å²) in [6.45, 7) is 4.84. The molecule has 168 valence electrons. The van der Waals surface area contributed by atoms with Crippen LogP contribution in [0.5, 0.6) is 5.75 Å². The zero-order valence-corrected chi connectivity index (χ0v) is 19.4. The van der Waals surface area contributed by atoms with Crippen molar-refractivity contribution >= 4 is 34.1 Å². The number of rotatable bonds is 7. The SMILES string of the molecule is CCCOc1ccc2ccccc2c1CN(C)C(=O)C1CCN(c2ccc(Cl)nn2)CC1. The molecule has 0 spiro atoms. The molecular weight excluding hydrogens is 424 g/mol. The molecule has 0 N–H and O–H groups in total. The number of benzene rings is 2. The number of hydrogen-bond donors (Lipinski definition) is 0. The van der Waals surface area contributed by atoms with Gasteiger partial charge < -0.3 is 14.5 Å². The van der Waals surface area contributed by atoms with Crippen LogP contribution in [0.25, 0.3) is 10.8 Å². The molecule has 4 rings (SSSR count). The lowest BCUT2D eigenvalue weighted by Gasteiger charge is -2.33. The van der Waals surface area contributed by atoms with E-state index in [1.54, 1.807) is 6.07 Å². The average molecular weight is 453 g/mol. The minimum atomic E-state index is 0.00601. The van der Waals surface area contributed by atoms with E-state index in [1.807, 2.05) is 36.2 Å². The monoisotopic (exact) mass is 452 g/mol. The van der Waals surface area contributed by atoms with Gasteiger partial charge in [-0.3, -0.25) is 4.79 Å². The van der Waals surface area contributed by atoms with E-state index < -0.39 is 0 Å². The Kier molecular flexibility index (Phi) is 7.10. The van der Waals surface area contributed by atoms with Gasteiger partial charge in [0.05, 0.1) is 6.61 Å². The maximum absolute atomic E-state index is 13.3. The lowest BCUT2D eigenvalue weighted by atomic mass is 9.95. The molecule has 0 atom stereocenters. The second-order valence-electron chi connectivity index (χ2n) is 8.28. The molecule has 2 aromatic carbocycles. The first-order valence-corrected chi connectivity index (χ1v) is 11.6. The molecule has 3 aromatic rings. The van der Waals surface area contributed by atoms with Crippen molar-refractivity contribution in [2.24, 2.45) is 5.92 Å². The van der Waals surface area contributed by atoms with Gasteiger partial charge in [0, 0.05) is 38.2 Å². The topological polar surface area (TPSA) is 58.6 Å². The summed E-state index contributed by atoms with van der Waals surface area (Å²) in [5, 5.41) is 10.8. The Morgan fingerprint density at radius 1 is 1.12 bits per heavy atom. The molecule has 1 aliphatic rings. The van der Waals surface area contributed by atoms with Crippen molar-refractivity contribution in [3.63, 3.8) is 0 Å². The minimum Gasteiger partial charge on any atom is -0.493 e. The van der Waals surface area contributed by atoms with Crippen LogP contribution in [0.4, 0.5) is 5.82 Å². The van der Waals surface area contributed by atoms with E-state index in [2.05, 4.69) is 40.2 Å². The summed E-state index contributed by atoms with van der Waals surface area (Å²) >= 11 is 5.84. The molecular formula is C25H29ClN4O2. The maximum atomic E-state index is 13.3. The average Bonchev–Trinajstić information content (AvgIpc) is 2.83. The fourth-order valence-corrected chi connectivity index (χ4v) is 4.39. The first-order valence-electron chi connectivity index (χ1n) is 11.2. The molecule has 0 saturated carbocycles. The standard InChI is InChI=1S/C25H29ClN4O2/c1-3-16-32-22-9-8-18-6-4-5-7-20(18)21(22)17-29(2)25(31)19-12-14-30(15-13-19)24-11-10-23(26)27-28-24/h4-11,19H,3,12-17H2,1-2H3. The number of anilines is 1. The van der Waals surface area contributed by atoms with E-state index in [4.69, 9.17) is 16.3 Å². The van der Waals surface area contributed by atoms with E-state index >= 15 is 0 Å². The maximum Gasteiger partial charge on any atom is 0.225 e. The number of aromatic nitrogens is 2. The summed E-state index contributed by atoms with van der Waals surface area (Å²) in [4.78, 5) is 17.3. The molecule has 7 heteroatoms. The third kappa shape index (κ3) is 4.96. The number of fused-ring (bicyclic) bond motifs is 1. The van der Waals surface area contributed by atoms with Crippen LogP contribution in [0.15, 0.2) is 48.5 Å². The fraction of sp³-hybridized carbons (Fsp3) is 0.400. The summed E-state index contributed by atoms with van der Waals surface area (Å²) < 4.78 is 6.03. The highest BCUT2D eigenvalue weighted by Gasteiger charge is 2.28. The van der Waals surface area contributed by atoms with E-state index in [1.165, 1.54) is 0 Å². The second kappa shape index (κ2) is 10.2. The Bertz CT molecular complexity index is 1070. The zero-order valence-electron chi connectivity index (χ0n) is 18.6. The molecule has 1 aromatic heterocycles. The second-order valence-corrected chi connectivity index (χ2v) is 8.67. The Morgan fingerprint density at radius 2 is 1.91 bits per heavy atom. The third-order valence-electron chi connectivity index (χ3n) is 6.02. The van der Waals surface area contributed by atoms with E-state index in [9.17, 15) is 4.79 Å². The van der Waals surface area contributed by atoms with Crippen LogP contribution in [0.2, 0.25) is 5.15 Å². The van der Waals surface area contributed by atoms with Crippen LogP contribution >= 0.6 is 11.6 Å². The number of piperidine rings is 1. The first kappa shape index (κ1) is 22.3. The van der Waals surface area contributed by atoms with Gasteiger partial charge in [0.15, 0.2) is 11.0 Å². The number of carbonyl (C=O) groups is 1. The number of amides is 1. The van der Waals surface area contributed by atoms with Crippen LogP contribution in [-0.4, -0.2) is 47.7 Å². The van der Waals surface area contributed by atoms with Crippen LogP contribution in [0, 0.1) is 5.92 Å². The fourth-order valence-electron chi connectivity index (χ4n) is 4.29. The molecule has 1 amide bonds. The normalized spacial score (nSPS) is 14.5. The number of halogens is 1. The van der Waals surface area contributed by atoms with Gasteiger partial charge in [0.25, 0.3) is 0 Å². The summed E-state index contributed by atoms with van der Waals surface area (Å²) in [5.74, 6) is 1.86. The Labute approximate surface area is 194 Å². The Hall–Kier alpha value is -2.86. The Morgan fingerprint density at radius 3 is 2.62 bits per heavy atom. The smallest absolute Gasteiger partial charge is 0.225 e. The highest BCUT2D eigenvalue weighted by Crippen LogP contribution is 2.31. The van der Waals surface area contributed by atoms with E-state index in [-0.39, 0.29) is 11.8 Å². The quantitative estimate of drug-likeness (QED) is 0.507. The largest absolute Gasteiger partial charge is 0.493 e. The van der Waals surface area contributed by atoms with Crippen molar-refractivity contribution in [1.29, 1.82) is 0 Å². The van der Waals surface area contributed by atoms with E-state index in [0.717, 1.165) is 60.3 Å². The molecule has 6 nitrogen and oxygen atoms in total. The van der Waals surface area contributed by atoms with Crippen LogP contribution < -0.4 is 9.64 Å². The summed E-state index contributed by atoms with van der Waals surface area (Å²) in [6, 6.07) is 16.0. The summed E-state index contributed by atoms with van der Waals surface area (Å²) in [5.41, 5.74) is 1.07. The minimum absolute atomic E-state index is 0.00601. The van der Waals surface area contributed by atoms with Gasteiger partial charge in [0.2, 0.25) is 5.91 Å². The lowest BCUT2D eigenvalue weighted by Crippen LogP contribution is -2.41. The van der Waals surface area contributed by atoms with Crippen LogP contribution in [-0.2, 0) is 11.3 Å². The molecule has 32 heavy (non-hydrogen) atoms. The van der Waals surface area contributed by atoms with Gasteiger partial charge in [-0.1, -0.05) is 48.9 Å². The van der Waals surface area contributed by atoms with Crippen LogP contribution in [0.3, 0.4) is 0 Å². The zero-order chi connectivity index (χ0) is 22.5. The predicted octanol–water partition coefficient (Wildman–Crippen LogP) is 4.95. The summed E-state index contributed by atoms with van der Waals surface area (Å²) in [6.07, 6.45) is 2.53. The van der Waals surface area contributed by atoms with Crippen molar-refractivity contribution in [3.05, 3.63) is 59.2 Å². The lowest BCUT2D eigenvalue weighted by molar-refractivity contribution is -0.135. The predicted molar refractivity (Wildman–Crippen MR) is 128 cm³/mol. The number of ether oxygens (including phenoxy) is 1. The molecule has 1 saturated heterocycles. The number of carbonyl (C=O) groups excluding carboxylic acids is 1. The van der Waals surface area contributed by atoms with E-state index in [0.29, 0.717) is 18.3 Å². The molecule has 0 bridgehead atoms. The van der Waals surface area contributed by atoms with Gasteiger partial charge in [0.1, 0.15) is 5.75 Å². The highest BCUT2D eigenvalue weighted by molar-refractivity contribution is 6.29. The number of nitrogens with zero attached hydrogens (tertiary/aromatic N) is 4. The number of hydrogen-bond acceptors (Lipinski definition) is 5. The van der Waals surface area contributed by atoms with Crippen molar-refractivity contribution in [1.82, 2.24) is 15.1 Å². The van der Waals surface area contributed by atoms with Crippen molar-refractivity contribution < 1.29 is 9.53 Å². The molecule has 1 aliphatic heterocycles. The van der Waals surface area contributed by atoms with Crippen LogP contribution in [0.1, 0.15) is 31.7 Å². The van der Waals surface area contributed by atoms with Crippen molar-refractivity contribution in [2.45, 2.75) is 32.7 Å². The summed E-state index contributed by atoms with van der Waals surface area (Å²) in [7, 11) is 1.89. The highest BCUT2D eigenvalue weighted by atomic mass is 35.5. The van der Waals surface area contributed by atoms with Gasteiger partial charge >= 0.3 is 0 Å². The molecule has 0 radical (unpaired) electrons. The molecule has 0 unspecified atom stereocenters. The third-order valence-corrected chi connectivity index (χ3v) is 6.22. The molecule has 0 aliphatic carbocycles. The van der Waals surface area contributed by atoms with Gasteiger partial charge in [-0.25, -0.2) is 0 Å². The van der Waals surface area contributed by atoms with Gasteiger partial charge in [-0.15, -0.1) is 10.2 Å². The molecule has 1 fully saturated rings. The van der Waals surface area contributed by atoms with Crippen molar-refractivity contribution in [2.75, 3.05) is 31.6 Å². The molecule has 2 heterocycles.